The standard InChI is InChI=1S/C14H18N2O3/c1-3-19-16-9-11(6-7-15-10(2)17)13-8-12(18)4-5-14(13)16/h4-5,8-9,18H,3,6-7H2,1-2H3,(H,15,17). The van der Waals surface area contributed by atoms with E-state index < -0.39 is 0 Å². The molecule has 2 rings (SSSR count). The van der Waals surface area contributed by atoms with Gasteiger partial charge in [-0.15, -0.1) is 0 Å². The molecule has 0 aliphatic rings. The number of rotatable bonds is 5. The van der Waals surface area contributed by atoms with Crippen molar-refractivity contribution < 1.29 is 14.7 Å². The predicted molar refractivity (Wildman–Crippen MR) is 73.1 cm³/mol. The van der Waals surface area contributed by atoms with Gasteiger partial charge in [0.1, 0.15) is 12.4 Å². The highest BCUT2D eigenvalue weighted by atomic mass is 16.7. The highest BCUT2D eigenvalue weighted by Crippen LogP contribution is 2.25. The van der Waals surface area contributed by atoms with E-state index >= 15 is 0 Å². The fourth-order valence-corrected chi connectivity index (χ4v) is 2.07. The Balaban J connectivity index is 2.30. The number of fused-ring (bicyclic) bond motifs is 1. The van der Waals surface area contributed by atoms with Crippen molar-refractivity contribution in [2.24, 2.45) is 0 Å². The molecule has 0 saturated carbocycles. The van der Waals surface area contributed by atoms with Gasteiger partial charge in [-0.1, -0.05) is 0 Å². The highest BCUT2D eigenvalue weighted by Gasteiger charge is 2.10. The van der Waals surface area contributed by atoms with Crippen molar-refractivity contribution in [3.63, 3.8) is 0 Å². The second-order valence-corrected chi connectivity index (χ2v) is 4.33. The van der Waals surface area contributed by atoms with Crippen molar-refractivity contribution in [3.8, 4) is 5.75 Å². The molecule has 1 heterocycles. The number of aromatic nitrogens is 1. The monoisotopic (exact) mass is 262 g/mol. The van der Waals surface area contributed by atoms with Crippen LogP contribution in [0.15, 0.2) is 24.4 Å². The number of nitrogens with zero attached hydrogens (tertiary/aromatic N) is 1. The summed E-state index contributed by atoms with van der Waals surface area (Å²) in [6.07, 6.45) is 2.59. The molecule has 1 amide bonds. The zero-order valence-corrected chi connectivity index (χ0v) is 11.1. The molecule has 2 aromatic rings. The number of phenolic OH excluding ortho intramolecular Hbond substituents is 1. The maximum Gasteiger partial charge on any atom is 0.216 e. The Bertz CT molecular complexity index is 590. The SMILES string of the molecule is CCOn1cc(CCNC(C)=O)c2cc(O)ccc21. The van der Waals surface area contributed by atoms with Gasteiger partial charge in [-0.05, 0) is 37.1 Å². The van der Waals surface area contributed by atoms with Crippen LogP contribution < -0.4 is 10.2 Å². The van der Waals surface area contributed by atoms with Gasteiger partial charge in [0.05, 0.1) is 5.52 Å². The Labute approximate surface area is 111 Å². The van der Waals surface area contributed by atoms with E-state index in [-0.39, 0.29) is 11.7 Å². The van der Waals surface area contributed by atoms with Crippen LogP contribution in [-0.4, -0.2) is 28.9 Å². The van der Waals surface area contributed by atoms with Gasteiger partial charge in [-0.2, -0.15) is 4.73 Å². The normalized spacial score (nSPS) is 10.6. The number of hydrogen-bond donors (Lipinski definition) is 2. The minimum Gasteiger partial charge on any atom is -0.508 e. The molecule has 19 heavy (non-hydrogen) atoms. The van der Waals surface area contributed by atoms with Crippen molar-refractivity contribution in [1.29, 1.82) is 0 Å². The van der Waals surface area contributed by atoms with Gasteiger partial charge in [0.2, 0.25) is 5.91 Å². The van der Waals surface area contributed by atoms with E-state index in [9.17, 15) is 9.90 Å². The predicted octanol–water partition coefficient (Wildman–Crippen LogP) is 1.47. The van der Waals surface area contributed by atoms with Crippen LogP contribution in [0.5, 0.6) is 5.75 Å². The first-order chi connectivity index (χ1) is 9.11. The Morgan fingerprint density at radius 2 is 2.26 bits per heavy atom. The number of benzene rings is 1. The van der Waals surface area contributed by atoms with Gasteiger partial charge in [-0.25, -0.2) is 0 Å². The molecular weight excluding hydrogens is 244 g/mol. The lowest BCUT2D eigenvalue weighted by Crippen LogP contribution is -2.22. The lowest BCUT2D eigenvalue weighted by atomic mass is 10.1. The molecule has 0 spiro atoms. The highest BCUT2D eigenvalue weighted by molar-refractivity contribution is 5.85. The first-order valence-corrected chi connectivity index (χ1v) is 6.32. The smallest absolute Gasteiger partial charge is 0.216 e. The second kappa shape index (κ2) is 5.65. The van der Waals surface area contributed by atoms with E-state index in [0.717, 1.165) is 16.5 Å². The molecule has 2 N–H and O–H groups in total. The molecule has 0 unspecified atom stereocenters. The molecular formula is C14H18N2O3. The second-order valence-electron chi connectivity index (χ2n) is 4.33. The summed E-state index contributed by atoms with van der Waals surface area (Å²) < 4.78 is 1.71. The Morgan fingerprint density at radius 1 is 1.47 bits per heavy atom. The van der Waals surface area contributed by atoms with Crippen molar-refractivity contribution in [2.75, 3.05) is 13.2 Å². The third-order valence-electron chi connectivity index (χ3n) is 2.87. The third-order valence-corrected chi connectivity index (χ3v) is 2.87. The van der Waals surface area contributed by atoms with Crippen LogP contribution >= 0.6 is 0 Å². The molecule has 0 bridgehead atoms. The van der Waals surface area contributed by atoms with E-state index in [4.69, 9.17) is 4.84 Å². The molecule has 0 atom stereocenters. The first-order valence-electron chi connectivity index (χ1n) is 6.32. The molecule has 0 aliphatic carbocycles. The van der Waals surface area contributed by atoms with Crippen LogP contribution in [0, 0.1) is 0 Å². The zero-order valence-electron chi connectivity index (χ0n) is 11.1. The molecule has 1 aromatic heterocycles. The van der Waals surface area contributed by atoms with Crippen molar-refractivity contribution in [2.45, 2.75) is 20.3 Å². The summed E-state index contributed by atoms with van der Waals surface area (Å²) in [5.74, 6) is 0.180. The maximum atomic E-state index is 10.9. The van der Waals surface area contributed by atoms with Crippen LogP contribution in [0.4, 0.5) is 0 Å². The fraction of sp³-hybridized carbons (Fsp3) is 0.357. The summed E-state index contributed by atoms with van der Waals surface area (Å²) in [4.78, 5) is 16.4. The van der Waals surface area contributed by atoms with Gasteiger partial charge < -0.3 is 15.3 Å². The van der Waals surface area contributed by atoms with Crippen LogP contribution in [-0.2, 0) is 11.2 Å². The van der Waals surface area contributed by atoms with Gasteiger partial charge in [0, 0.05) is 25.1 Å². The molecule has 1 aromatic carbocycles. The van der Waals surface area contributed by atoms with Gasteiger partial charge >= 0.3 is 0 Å². The van der Waals surface area contributed by atoms with E-state index in [0.29, 0.717) is 19.6 Å². The molecule has 0 saturated heterocycles. The minimum absolute atomic E-state index is 0.0450. The molecule has 0 aliphatic heterocycles. The van der Waals surface area contributed by atoms with Crippen LogP contribution in [0.1, 0.15) is 19.4 Å². The Morgan fingerprint density at radius 3 is 2.95 bits per heavy atom. The summed E-state index contributed by atoms with van der Waals surface area (Å²) in [5, 5.41) is 13.3. The number of carbonyl (C=O) groups is 1. The third kappa shape index (κ3) is 2.99. The average Bonchev–Trinajstić information content (AvgIpc) is 2.67. The topological polar surface area (TPSA) is 63.5 Å². The number of phenols is 1. The lowest BCUT2D eigenvalue weighted by Gasteiger charge is -2.04. The number of aromatic hydroxyl groups is 1. The van der Waals surface area contributed by atoms with Crippen LogP contribution in [0.25, 0.3) is 10.9 Å². The number of hydrogen-bond acceptors (Lipinski definition) is 3. The summed E-state index contributed by atoms with van der Waals surface area (Å²) in [6, 6.07) is 5.17. The quantitative estimate of drug-likeness (QED) is 0.857. The summed E-state index contributed by atoms with van der Waals surface area (Å²) in [5.41, 5.74) is 1.95. The van der Waals surface area contributed by atoms with E-state index in [1.54, 1.807) is 16.9 Å². The lowest BCUT2D eigenvalue weighted by molar-refractivity contribution is -0.118. The molecule has 0 radical (unpaired) electrons. The zero-order chi connectivity index (χ0) is 13.8. The Hall–Kier alpha value is -2.17. The van der Waals surface area contributed by atoms with E-state index in [2.05, 4.69) is 5.32 Å². The fourth-order valence-electron chi connectivity index (χ4n) is 2.07. The van der Waals surface area contributed by atoms with Crippen molar-refractivity contribution in [3.05, 3.63) is 30.0 Å². The average molecular weight is 262 g/mol. The van der Waals surface area contributed by atoms with Crippen molar-refractivity contribution in [1.82, 2.24) is 10.0 Å². The summed E-state index contributed by atoms with van der Waals surface area (Å²) >= 11 is 0. The van der Waals surface area contributed by atoms with Gasteiger partial charge in [0.15, 0.2) is 0 Å². The molecule has 0 fully saturated rings. The largest absolute Gasteiger partial charge is 0.508 e. The molecule has 5 nitrogen and oxygen atoms in total. The van der Waals surface area contributed by atoms with E-state index in [1.165, 1.54) is 6.92 Å². The Kier molecular flexibility index (Phi) is 3.94. The van der Waals surface area contributed by atoms with E-state index in [1.807, 2.05) is 19.2 Å². The van der Waals surface area contributed by atoms with Gasteiger partial charge in [-0.3, -0.25) is 4.79 Å². The van der Waals surface area contributed by atoms with Crippen molar-refractivity contribution >= 4 is 16.8 Å². The number of nitrogens with one attached hydrogen (secondary N) is 1. The van der Waals surface area contributed by atoms with Crippen LogP contribution in [0.3, 0.4) is 0 Å². The summed E-state index contributed by atoms with van der Waals surface area (Å²) in [6.45, 7) is 4.55. The summed E-state index contributed by atoms with van der Waals surface area (Å²) in [7, 11) is 0. The molecule has 102 valence electrons. The van der Waals surface area contributed by atoms with Gasteiger partial charge in [0.25, 0.3) is 0 Å². The first kappa shape index (κ1) is 13.3. The van der Waals surface area contributed by atoms with Crippen LogP contribution in [0.2, 0.25) is 0 Å². The molecule has 5 heteroatoms. The maximum absolute atomic E-state index is 10.9. The number of amides is 1. The number of carbonyl (C=O) groups excluding carboxylic acids is 1. The minimum atomic E-state index is -0.0450.